The number of sulfonamides is 1. The van der Waals surface area contributed by atoms with Crippen molar-refractivity contribution >= 4 is 80.1 Å². The van der Waals surface area contributed by atoms with E-state index in [4.69, 9.17) is 34.7 Å². The van der Waals surface area contributed by atoms with Crippen LogP contribution in [0.25, 0.3) is 21.5 Å². The van der Waals surface area contributed by atoms with Gasteiger partial charge in [0.25, 0.3) is 9.05 Å². The fraction of sp³-hybridized carbons (Fsp3) is 0.600. The van der Waals surface area contributed by atoms with Crippen LogP contribution < -0.4 is 10.5 Å². The van der Waals surface area contributed by atoms with Gasteiger partial charge in [0.15, 0.2) is 16.6 Å². The molecule has 3 N–H and O–H groups in total. The quantitative estimate of drug-likeness (QED) is 0.0685. The Balaban J connectivity index is 0.000000405. The second-order valence-corrected chi connectivity index (χ2v) is 36.9. The molecule has 0 aliphatic heterocycles. The molecule has 0 radical (unpaired) electrons. The van der Waals surface area contributed by atoms with Crippen molar-refractivity contribution in [2.75, 3.05) is 26.6 Å². The SMILES string of the molecule is C[C@H](N)CN(CO[Si](C)(C)C(C)(C)C)C(=O)OC(C)(C)C.Cc1cncc2cccc(S(=O)(=O)Cl)c12.Cc1cncc2cccc(S(=O)(=O)N[C@@H](C)CN(CO[Si](C)(C)C(C)(C)C)C(=O)OC(C)(C)C)c12. The maximum absolute atomic E-state index is 13.3. The predicted molar refractivity (Wildman–Crippen MR) is 292 cm³/mol. The van der Waals surface area contributed by atoms with Crippen molar-refractivity contribution in [2.24, 2.45) is 5.73 Å². The van der Waals surface area contributed by atoms with Gasteiger partial charge in [-0.25, -0.2) is 31.1 Å². The molecular weight excluding hydrogens is 1000 g/mol. The van der Waals surface area contributed by atoms with E-state index in [9.17, 15) is 26.4 Å². The average molecular weight is 1080 g/mol. The number of amides is 2. The van der Waals surface area contributed by atoms with Crippen LogP contribution in [0.15, 0.2) is 71.0 Å². The number of carbonyl (C=O) groups is 2. The summed E-state index contributed by atoms with van der Waals surface area (Å²) in [6.45, 7) is 40.3. The molecule has 0 spiro atoms. The smallest absolute Gasteiger partial charge is 0.412 e. The predicted octanol–water partition coefficient (Wildman–Crippen LogP) is 11.4. The monoisotopic (exact) mass is 1080 g/mol. The largest absolute Gasteiger partial charge is 0.444 e. The lowest BCUT2D eigenvalue weighted by Crippen LogP contribution is -2.50. The lowest BCUT2D eigenvalue weighted by molar-refractivity contribution is 0.00571. The molecule has 2 aromatic heterocycles. The van der Waals surface area contributed by atoms with Gasteiger partial charge in [-0.15, -0.1) is 0 Å². The number of ether oxygens (including phenoxy) is 2. The number of pyridine rings is 2. The van der Waals surface area contributed by atoms with Crippen LogP contribution in [-0.2, 0) is 37.4 Å². The lowest BCUT2D eigenvalue weighted by atomic mass is 10.1. The van der Waals surface area contributed by atoms with Crippen LogP contribution in [0, 0.1) is 13.8 Å². The number of nitrogens with one attached hydrogen (secondary N) is 1. The molecule has 2 amide bonds. The van der Waals surface area contributed by atoms with Crippen molar-refractivity contribution in [2.45, 2.75) is 180 Å². The van der Waals surface area contributed by atoms with E-state index in [1.807, 2.05) is 40.7 Å². The number of nitrogens with two attached hydrogens (primary N) is 1. The lowest BCUT2D eigenvalue weighted by Gasteiger charge is -2.38. The molecule has 2 heterocycles. The second kappa shape index (κ2) is 24.5. The zero-order chi connectivity index (χ0) is 54.9. The first-order valence-corrected chi connectivity index (χ1v) is 33.2. The molecule has 0 aliphatic rings. The summed E-state index contributed by atoms with van der Waals surface area (Å²) in [5.74, 6) is 0. The summed E-state index contributed by atoms with van der Waals surface area (Å²) < 4.78 is 75.5. The van der Waals surface area contributed by atoms with Crippen molar-refractivity contribution in [3.05, 3.63) is 72.3 Å². The van der Waals surface area contributed by atoms with E-state index >= 15 is 0 Å². The first kappa shape index (κ1) is 63.4. The third-order valence-corrected chi connectivity index (χ3v) is 23.8. The number of halogens is 1. The van der Waals surface area contributed by atoms with E-state index in [-0.39, 0.29) is 52.0 Å². The highest BCUT2D eigenvalue weighted by Gasteiger charge is 2.40. The standard InChI is InChI=1S/C25H41N3O5SSi.C15H34N2O3Si.C10H8ClNO2S/c1-18-14-26-15-20-12-11-13-21(22(18)20)34(30,31)27-19(2)16-28(23(29)33-24(3,4)5)17-32-35(9,10)25(6,7)8;1-12(16)10-17(13(18)20-14(2,3)4)11-19-21(8,9)15(5,6)7;1-7-5-12-6-8-3-2-4-9(10(7)8)15(11,13)14/h11-15,19,27H,16-17H2,1-10H3;12H,10-11,16H2,1-9H3;2-6H,1H3/t19-;12-;/m00./s1. The third-order valence-electron chi connectivity index (χ3n) is 11.9. The average Bonchev–Trinajstić information content (AvgIpc) is 3.18. The van der Waals surface area contributed by atoms with Gasteiger partial charge in [-0.3, -0.25) is 19.8 Å². The van der Waals surface area contributed by atoms with Crippen LogP contribution >= 0.6 is 10.7 Å². The first-order chi connectivity index (χ1) is 32.0. The maximum Gasteiger partial charge on any atom is 0.412 e. The van der Waals surface area contributed by atoms with Gasteiger partial charge < -0.3 is 24.1 Å². The molecule has 16 nitrogen and oxygen atoms in total. The fourth-order valence-corrected chi connectivity index (χ4v) is 10.6. The molecule has 0 bridgehead atoms. The molecule has 4 aromatic rings. The summed E-state index contributed by atoms with van der Waals surface area (Å²) in [6, 6.07) is 9.35. The summed E-state index contributed by atoms with van der Waals surface area (Å²) in [4.78, 5) is 36.7. The molecular formula is C50H83ClN6O10S2Si2. The van der Waals surface area contributed by atoms with E-state index < -0.39 is 59.0 Å². The zero-order valence-corrected chi connectivity index (χ0v) is 50.3. The van der Waals surface area contributed by atoms with Gasteiger partial charge in [0, 0.05) is 82.2 Å². The zero-order valence-electron chi connectivity index (χ0n) is 45.9. The van der Waals surface area contributed by atoms with E-state index in [1.54, 1.807) is 88.6 Å². The molecule has 0 aliphatic carbocycles. The molecule has 0 saturated heterocycles. The van der Waals surface area contributed by atoms with Crippen molar-refractivity contribution in [1.29, 1.82) is 0 Å². The van der Waals surface area contributed by atoms with Crippen LogP contribution in [0.4, 0.5) is 9.59 Å². The van der Waals surface area contributed by atoms with E-state index in [0.717, 1.165) is 21.9 Å². The van der Waals surface area contributed by atoms with Crippen molar-refractivity contribution in [3.8, 4) is 0 Å². The van der Waals surface area contributed by atoms with Gasteiger partial charge in [0.05, 0.1) is 9.79 Å². The Labute approximate surface area is 431 Å². The topological polar surface area (TPSA) is 210 Å². The highest BCUT2D eigenvalue weighted by Crippen LogP contribution is 2.38. The highest BCUT2D eigenvalue weighted by molar-refractivity contribution is 8.14. The Kier molecular flexibility index (Phi) is 21.9. The number of rotatable bonds is 14. The maximum atomic E-state index is 13.3. The van der Waals surface area contributed by atoms with Crippen molar-refractivity contribution < 1.29 is 44.8 Å². The van der Waals surface area contributed by atoms with Gasteiger partial charge in [-0.1, -0.05) is 65.8 Å². The number of aryl methyl sites for hydroxylation is 2. The molecule has 21 heteroatoms. The summed E-state index contributed by atoms with van der Waals surface area (Å²) in [6.07, 6.45) is 5.61. The van der Waals surface area contributed by atoms with Gasteiger partial charge in [0.2, 0.25) is 10.0 Å². The minimum atomic E-state index is -3.87. The number of benzene rings is 2. The van der Waals surface area contributed by atoms with Gasteiger partial charge >= 0.3 is 12.2 Å². The van der Waals surface area contributed by atoms with Crippen LogP contribution in [0.2, 0.25) is 36.3 Å². The molecule has 71 heavy (non-hydrogen) atoms. The van der Waals surface area contributed by atoms with E-state index in [1.165, 1.54) is 11.0 Å². The minimum absolute atomic E-state index is 0.0243. The van der Waals surface area contributed by atoms with Gasteiger partial charge in [-0.2, -0.15) is 0 Å². The molecule has 4 rings (SSSR count). The normalized spacial score (nSPS) is 13.8. The Morgan fingerprint density at radius 1 is 0.648 bits per heavy atom. The van der Waals surface area contributed by atoms with E-state index in [0.29, 0.717) is 17.3 Å². The highest BCUT2D eigenvalue weighted by atomic mass is 35.7. The number of hydrogen-bond donors (Lipinski definition) is 2. The summed E-state index contributed by atoms with van der Waals surface area (Å²) >= 11 is 0. The number of aromatic nitrogens is 2. The van der Waals surface area contributed by atoms with Crippen molar-refractivity contribution in [1.82, 2.24) is 24.5 Å². The number of carbonyl (C=O) groups excluding carboxylic acids is 2. The molecule has 2 aromatic carbocycles. The Morgan fingerprint density at radius 2 is 1.01 bits per heavy atom. The van der Waals surface area contributed by atoms with E-state index in [2.05, 4.69) is 82.4 Å². The van der Waals surface area contributed by atoms with Crippen LogP contribution in [0.5, 0.6) is 0 Å². The number of nitrogens with zero attached hydrogens (tertiary/aromatic N) is 4. The molecule has 0 saturated carbocycles. The molecule has 0 unspecified atom stereocenters. The van der Waals surface area contributed by atoms with Crippen LogP contribution in [0.3, 0.4) is 0 Å². The summed E-state index contributed by atoms with van der Waals surface area (Å²) in [5, 5.41) is 2.85. The molecule has 400 valence electrons. The Morgan fingerprint density at radius 3 is 1.37 bits per heavy atom. The minimum Gasteiger partial charge on any atom is -0.444 e. The molecule has 2 atom stereocenters. The third kappa shape index (κ3) is 19.9. The van der Waals surface area contributed by atoms with Gasteiger partial charge in [-0.05, 0) is 129 Å². The van der Waals surface area contributed by atoms with Crippen LogP contribution in [-0.4, -0.2) is 115 Å². The summed E-state index contributed by atoms with van der Waals surface area (Å²) in [7, 11) is -6.28. The van der Waals surface area contributed by atoms with Gasteiger partial charge in [0.1, 0.15) is 24.7 Å². The first-order valence-electron chi connectivity index (χ1n) is 23.6. The Bertz CT molecular complexity index is 2650. The fourth-order valence-electron chi connectivity index (χ4n) is 6.14. The second-order valence-electron chi connectivity index (χ2n) is 23.0. The number of hydrogen-bond acceptors (Lipinski definition) is 13. The molecule has 0 fully saturated rings. The Hall–Kier alpha value is -3.74. The van der Waals surface area contributed by atoms with Crippen LogP contribution in [0.1, 0.15) is 108 Å². The summed E-state index contributed by atoms with van der Waals surface area (Å²) in [5.41, 5.74) is 6.18. The van der Waals surface area contributed by atoms with Crippen molar-refractivity contribution in [3.63, 3.8) is 0 Å². The number of fused-ring (bicyclic) bond motifs is 2.